The van der Waals surface area contributed by atoms with Crippen LogP contribution in [0.1, 0.15) is 41.0 Å². The number of ether oxygens (including phenoxy) is 1. The number of methoxy groups -OCH3 is 1. The highest BCUT2D eigenvalue weighted by atomic mass is 16.5. The average molecular weight is 255 g/mol. The van der Waals surface area contributed by atoms with Crippen molar-refractivity contribution in [3.63, 3.8) is 0 Å². The smallest absolute Gasteiger partial charge is 0.106 e. The van der Waals surface area contributed by atoms with Crippen LogP contribution < -0.4 is 5.32 Å². The fourth-order valence-corrected chi connectivity index (χ4v) is 2.09. The molecular weight excluding hydrogens is 226 g/mol. The van der Waals surface area contributed by atoms with E-state index in [0.29, 0.717) is 6.42 Å². The highest BCUT2D eigenvalue weighted by molar-refractivity contribution is 5.06. The summed E-state index contributed by atoms with van der Waals surface area (Å²) in [5.41, 5.74) is -0.820. The summed E-state index contributed by atoms with van der Waals surface area (Å²) in [7, 11) is 1.69. The van der Waals surface area contributed by atoms with Gasteiger partial charge in [-0.05, 0) is 33.9 Å². The van der Waals surface area contributed by atoms with Crippen molar-refractivity contribution < 1.29 is 4.74 Å². The zero-order chi connectivity index (χ0) is 14.2. The van der Waals surface area contributed by atoms with E-state index < -0.39 is 5.54 Å². The zero-order valence-electron chi connectivity index (χ0n) is 12.8. The van der Waals surface area contributed by atoms with Crippen molar-refractivity contribution in [1.29, 1.82) is 5.26 Å². The molecule has 4 nitrogen and oxygen atoms in total. The third kappa shape index (κ3) is 6.34. The monoisotopic (exact) mass is 255 g/mol. The summed E-state index contributed by atoms with van der Waals surface area (Å²) in [6.45, 7) is 14.2. The van der Waals surface area contributed by atoms with E-state index in [1.807, 2.05) is 20.8 Å². The molecule has 1 N–H and O–H groups in total. The van der Waals surface area contributed by atoms with Crippen LogP contribution >= 0.6 is 0 Å². The first-order valence-electron chi connectivity index (χ1n) is 6.76. The van der Waals surface area contributed by atoms with Crippen LogP contribution in [0, 0.1) is 11.3 Å². The molecule has 1 unspecified atom stereocenters. The van der Waals surface area contributed by atoms with Crippen LogP contribution in [0.4, 0.5) is 0 Å². The molecule has 0 saturated heterocycles. The molecule has 0 rings (SSSR count). The summed E-state index contributed by atoms with van der Waals surface area (Å²) >= 11 is 0. The Morgan fingerprint density at radius 1 is 1.22 bits per heavy atom. The van der Waals surface area contributed by atoms with Crippen LogP contribution in [0.5, 0.6) is 0 Å². The minimum atomic E-state index is -0.535. The first-order valence-corrected chi connectivity index (χ1v) is 6.76. The molecular formula is C14H29N3O. The van der Waals surface area contributed by atoms with Gasteiger partial charge < -0.3 is 9.64 Å². The van der Waals surface area contributed by atoms with Crippen LogP contribution in [0.15, 0.2) is 0 Å². The first kappa shape index (κ1) is 17.4. The Hall–Kier alpha value is -0.630. The van der Waals surface area contributed by atoms with Gasteiger partial charge in [-0.25, -0.2) is 0 Å². The summed E-state index contributed by atoms with van der Waals surface area (Å²) in [6, 6.07) is 2.37. The maximum absolute atomic E-state index is 9.34. The van der Waals surface area contributed by atoms with E-state index >= 15 is 0 Å². The van der Waals surface area contributed by atoms with Crippen molar-refractivity contribution in [2.75, 3.05) is 33.3 Å². The van der Waals surface area contributed by atoms with Crippen molar-refractivity contribution in [2.45, 2.75) is 52.2 Å². The molecule has 0 bridgehead atoms. The minimum absolute atomic E-state index is 0.285. The van der Waals surface area contributed by atoms with E-state index in [-0.39, 0.29) is 5.60 Å². The van der Waals surface area contributed by atoms with Gasteiger partial charge in [-0.1, -0.05) is 13.8 Å². The maximum Gasteiger partial charge on any atom is 0.106 e. The topological polar surface area (TPSA) is 48.3 Å². The lowest BCUT2D eigenvalue weighted by molar-refractivity contribution is 0.000990. The molecule has 4 heteroatoms. The molecule has 0 aromatic heterocycles. The predicted octanol–water partition coefficient (Wildman–Crippen LogP) is 2.02. The lowest BCUT2D eigenvalue weighted by Gasteiger charge is -2.33. The minimum Gasteiger partial charge on any atom is -0.379 e. The molecule has 106 valence electrons. The second-order valence-corrected chi connectivity index (χ2v) is 5.54. The van der Waals surface area contributed by atoms with Gasteiger partial charge in [-0.3, -0.25) is 5.32 Å². The van der Waals surface area contributed by atoms with Gasteiger partial charge in [-0.2, -0.15) is 5.26 Å². The third-order valence-corrected chi connectivity index (χ3v) is 3.42. The van der Waals surface area contributed by atoms with E-state index in [0.717, 1.165) is 26.2 Å². The Morgan fingerprint density at radius 3 is 2.17 bits per heavy atom. The number of nitriles is 1. The SMILES string of the molecule is CCN(CC)CCNC(C)(C#N)CC(C)(C)OC. The number of rotatable bonds is 9. The normalized spacial score (nSPS) is 15.4. The van der Waals surface area contributed by atoms with Gasteiger partial charge in [-0.15, -0.1) is 0 Å². The lowest BCUT2D eigenvalue weighted by atomic mass is 9.89. The number of hydrogen-bond donors (Lipinski definition) is 1. The molecule has 0 aliphatic rings. The van der Waals surface area contributed by atoms with Gasteiger partial charge in [0.15, 0.2) is 0 Å². The molecule has 0 saturated carbocycles. The largest absolute Gasteiger partial charge is 0.379 e. The maximum atomic E-state index is 9.34. The molecule has 1 atom stereocenters. The first-order chi connectivity index (χ1) is 8.32. The highest BCUT2D eigenvalue weighted by Gasteiger charge is 2.32. The van der Waals surface area contributed by atoms with Crippen molar-refractivity contribution in [2.24, 2.45) is 0 Å². The second kappa shape index (κ2) is 7.73. The van der Waals surface area contributed by atoms with Crippen LogP contribution in [0.3, 0.4) is 0 Å². The standard InChI is InChI=1S/C14H29N3O/c1-7-17(8-2)10-9-16-14(5,12-15)11-13(3,4)18-6/h16H,7-11H2,1-6H3. The van der Waals surface area contributed by atoms with Gasteiger partial charge in [0.05, 0.1) is 11.7 Å². The zero-order valence-corrected chi connectivity index (χ0v) is 12.8. The third-order valence-electron chi connectivity index (χ3n) is 3.42. The van der Waals surface area contributed by atoms with Crippen molar-refractivity contribution in [3.8, 4) is 6.07 Å². The summed E-state index contributed by atoms with van der Waals surface area (Å²) in [4.78, 5) is 2.34. The Morgan fingerprint density at radius 2 is 1.78 bits per heavy atom. The molecule has 0 fully saturated rings. The van der Waals surface area contributed by atoms with Crippen LogP contribution in [-0.4, -0.2) is 49.3 Å². The van der Waals surface area contributed by atoms with E-state index in [2.05, 4.69) is 30.1 Å². The molecule has 0 aromatic rings. The summed E-state index contributed by atoms with van der Waals surface area (Å²) in [5, 5.41) is 12.7. The van der Waals surface area contributed by atoms with Crippen LogP contribution in [0.25, 0.3) is 0 Å². The van der Waals surface area contributed by atoms with E-state index in [4.69, 9.17) is 4.74 Å². The van der Waals surface area contributed by atoms with E-state index in [1.165, 1.54) is 0 Å². The fraction of sp³-hybridized carbons (Fsp3) is 0.929. The van der Waals surface area contributed by atoms with E-state index in [9.17, 15) is 5.26 Å². The lowest BCUT2D eigenvalue weighted by Crippen LogP contribution is -2.49. The summed E-state index contributed by atoms with van der Waals surface area (Å²) in [5.74, 6) is 0. The van der Waals surface area contributed by atoms with Crippen molar-refractivity contribution in [3.05, 3.63) is 0 Å². The molecule has 0 amide bonds. The van der Waals surface area contributed by atoms with E-state index in [1.54, 1.807) is 7.11 Å². The number of likely N-dealkylation sites (N-methyl/N-ethyl adjacent to an activating group) is 1. The van der Waals surface area contributed by atoms with Gasteiger partial charge in [0.2, 0.25) is 0 Å². The van der Waals surface area contributed by atoms with Gasteiger partial charge in [0, 0.05) is 26.6 Å². The quantitative estimate of drug-likeness (QED) is 0.685. The number of nitrogens with zero attached hydrogens (tertiary/aromatic N) is 2. The number of hydrogen-bond acceptors (Lipinski definition) is 4. The Labute approximate surface area is 112 Å². The number of nitrogens with one attached hydrogen (secondary N) is 1. The molecule has 0 radical (unpaired) electrons. The Bertz CT molecular complexity index is 269. The average Bonchev–Trinajstić information content (AvgIpc) is 2.34. The van der Waals surface area contributed by atoms with Gasteiger partial charge in [0.1, 0.15) is 5.54 Å². The molecule has 0 spiro atoms. The molecule has 0 aromatic carbocycles. The Balaban J connectivity index is 4.29. The summed E-state index contributed by atoms with van der Waals surface area (Å²) < 4.78 is 5.40. The van der Waals surface area contributed by atoms with Crippen LogP contribution in [-0.2, 0) is 4.74 Å². The molecule has 18 heavy (non-hydrogen) atoms. The van der Waals surface area contributed by atoms with Crippen molar-refractivity contribution >= 4 is 0 Å². The van der Waals surface area contributed by atoms with Gasteiger partial charge >= 0.3 is 0 Å². The second-order valence-electron chi connectivity index (χ2n) is 5.54. The predicted molar refractivity (Wildman–Crippen MR) is 75.5 cm³/mol. The Kier molecular flexibility index (Phi) is 7.46. The fourth-order valence-electron chi connectivity index (χ4n) is 2.09. The van der Waals surface area contributed by atoms with Gasteiger partial charge in [0.25, 0.3) is 0 Å². The van der Waals surface area contributed by atoms with Crippen LogP contribution in [0.2, 0.25) is 0 Å². The molecule has 0 aliphatic carbocycles. The van der Waals surface area contributed by atoms with Crippen molar-refractivity contribution in [1.82, 2.24) is 10.2 Å². The summed E-state index contributed by atoms with van der Waals surface area (Å²) in [6.07, 6.45) is 0.672. The molecule has 0 aliphatic heterocycles. The highest BCUT2D eigenvalue weighted by Crippen LogP contribution is 2.22. The molecule has 0 heterocycles.